The van der Waals surface area contributed by atoms with Crippen LogP contribution in [0.25, 0.3) is 11.1 Å². The molecule has 140 valence electrons. The predicted octanol–water partition coefficient (Wildman–Crippen LogP) is 3.40. The molecule has 0 fully saturated rings. The Balaban J connectivity index is 1.77. The molecule has 0 spiro atoms. The molecule has 0 atom stereocenters. The molecular formula is C21H17N3O3S. The number of fused-ring (bicyclic) bond motifs is 1. The fourth-order valence-corrected chi connectivity index (χ4v) is 4.58. The first-order chi connectivity index (χ1) is 13.5. The highest BCUT2D eigenvalue weighted by Gasteiger charge is 2.30. The summed E-state index contributed by atoms with van der Waals surface area (Å²) in [5, 5.41) is 8.96. The molecule has 28 heavy (non-hydrogen) atoms. The Kier molecular flexibility index (Phi) is 4.41. The van der Waals surface area contributed by atoms with E-state index >= 15 is 0 Å². The minimum atomic E-state index is -3.75. The lowest BCUT2D eigenvalue weighted by atomic mass is 10.0. The molecule has 0 amide bonds. The van der Waals surface area contributed by atoms with Crippen LogP contribution < -0.4 is 14.8 Å². The van der Waals surface area contributed by atoms with E-state index in [1.165, 1.54) is 16.4 Å². The van der Waals surface area contributed by atoms with Gasteiger partial charge in [0.1, 0.15) is 12.4 Å². The number of hydrogen-bond acceptors (Lipinski definition) is 5. The van der Waals surface area contributed by atoms with E-state index in [9.17, 15) is 8.42 Å². The highest BCUT2D eigenvalue weighted by molar-refractivity contribution is 7.92. The van der Waals surface area contributed by atoms with Gasteiger partial charge >= 0.3 is 0 Å². The molecule has 0 unspecified atom stereocenters. The average Bonchev–Trinajstić information content (AvgIpc) is 2.73. The van der Waals surface area contributed by atoms with Gasteiger partial charge in [-0.3, -0.25) is 4.31 Å². The Morgan fingerprint density at radius 1 is 0.964 bits per heavy atom. The molecule has 0 aromatic heterocycles. The van der Waals surface area contributed by atoms with Gasteiger partial charge in [-0.2, -0.15) is 5.26 Å². The first-order valence-corrected chi connectivity index (χ1v) is 10.1. The summed E-state index contributed by atoms with van der Waals surface area (Å²) in [5.74, 6) is 0.516. The molecule has 0 bridgehead atoms. The van der Waals surface area contributed by atoms with Crippen molar-refractivity contribution in [3.8, 4) is 22.9 Å². The number of nitriles is 1. The second kappa shape index (κ2) is 6.91. The first kappa shape index (κ1) is 17.9. The fourth-order valence-electron chi connectivity index (χ4n) is 3.13. The highest BCUT2D eigenvalue weighted by Crippen LogP contribution is 2.38. The fraction of sp³-hybridized carbons (Fsp3) is 0.0952. The summed E-state index contributed by atoms with van der Waals surface area (Å²) in [6.07, 6.45) is 0. The van der Waals surface area contributed by atoms with Crippen LogP contribution in [0.3, 0.4) is 0 Å². The summed E-state index contributed by atoms with van der Waals surface area (Å²) in [7, 11) is -3.75. The zero-order chi connectivity index (χ0) is 19.7. The number of nitrogens with two attached hydrogens (primary N) is 1. The van der Waals surface area contributed by atoms with Crippen molar-refractivity contribution in [3.63, 3.8) is 0 Å². The second-order valence-electron chi connectivity index (χ2n) is 6.37. The SMILES string of the molecule is N#Cc1ccc(-c2ccc3c(c2)N(S(=O)(=O)c2ccc(N)cc2)CCO3)cc1. The van der Waals surface area contributed by atoms with Gasteiger partial charge in [-0.05, 0) is 59.7 Å². The van der Waals surface area contributed by atoms with Crippen LogP contribution in [0.15, 0.2) is 71.6 Å². The Labute approximate surface area is 163 Å². The zero-order valence-electron chi connectivity index (χ0n) is 14.9. The normalized spacial score (nSPS) is 13.3. The lowest BCUT2D eigenvalue weighted by Crippen LogP contribution is -2.37. The minimum absolute atomic E-state index is 0.179. The van der Waals surface area contributed by atoms with Crippen LogP contribution in [0, 0.1) is 11.3 Å². The largest absolute Gasteiger partial charge is 0.489 e. The summed E-state index contributed by atoms with van der Waals surface area (Å²) in [4.78, 5) is 0.179. The van der Waals surface area contributed by atoms with Crippen LogP contribution in [-0.2, 0) is 10.0 Å². The number of hydrogen-bond donors (Lipinski definition) is 1. The molecule has 7 heteroatoms. The highest BCUT2D eigenvalue weighted by atomic mass is 32.2. The van der Waals surface area contributed by atoms with E-state index in [-0.39, 0.29) is 18.0 Å². The third-order valence-corrected chi connectivity index (χ3v) is 6.42. The van der Waals surface area contributed by atoms with Crippen molar-refractivity contribution in [1.29, 1.82) is 5.26 Å². The Morgan fingerprint density at radius 3 is 2.32 bits per heavy atom. The molecule has 3 aromatic carbocycles. The smallest absolute Gasteiger partial charge is 0.264 e. The lowest BCUT2D eigenvalue weighted by Gasteiger charge is -2.31. The monoisotopic (exact) mass is 391 g/mol. The molecule has 0 aliphatic carbocycles. The first-order valence-electron chi connectivity index (χ1n) is 8.65. The van der Waals surface area contributed by atoms with Crippen molar-refractivity contribution >= 4 is 21.4 Å². The topological polar surface area (TPSA) is 96.4 Å². The maximum atomic E-state index is 13.2. The van der Waals surface area contributed by atoms with Crippen molar-refractivity contribution < 1.29 is 13.2 Å². The van der Waals surface area contributed by atoms with Crippen LogP contribution in [-0.4, -0.2) is 21.6 Å². The van der Waals surface area contributed by atoms with Crippen molar-refractivity contribution in [2.24, 2.45) is 0 Å². The summed E-state index contributed by atoms with van der Waals surface area (Å²) < 4.78 is 33.4. The Bertz CT molecular complexity index is 1170. The van der Waals surface area contributed by atoms with E-state index < -0.39 is 10.0 Å². The standard InChI is InChI=1S/C21H17N3O3S/c22-14-15-1-3-16(4-2-15)17-5-10-21-20(13-17)24(11-12-27-21)28(25,26)19-8-6-18(23)7-9-19/h1-10,13H,11-12,23H2. The molecule has 1 aliphatic heterocycles. The number of rotatable bonds is 3. The van der Waals surface area contributed by atoms with Crippen LogP contribution in [0.4, 0.5) is 11.4 Å². The molecule has 2 N–H and O–H groups in total. The van der Waals surface area contributed by atoms with Crippen LogP contribution in [0.5, 0.6) is 5.75 Å². The van der Waals surface area contributed by atoms with Crippen LogP contribution >= 0.6 is 0 Å². The van der Waals surface area contributed by atoms with Crippen molar-refractivity contribution in [1.82, 2.24) is 0 Å². The zero-order valence-corrected chi connectivity index (χ0v) is 15.7. The van der Waals surface area contributed by atoms with Gasteiger partial charge in [0.05, 0.1) is 28.8 Å². The summed E-state index contributed by atoms with van der Waals surface area (Å²) >= 11 is 0. The molecule has 0 saturated carbocycles. The molecule has 1 heterocycles. The van der Waals surface area contributed by atoms with Gasteiger partial charge < -0.3 is 10.5 Å². The van der Waals surface area contributed by atoms with Gasteiger partial charge in [-0.1, -0.05) is 18.2 Å². The molecule has 6 nitrogen and oxygen atoms in total. The number of nitrogens with zero attached hydrogens (tertiary/aromatic N) is 2. The van der Waals surface area contributed by atoms with E-state index in [4.69, 9.17) is 15.7 Å². The third-order valence-electron chi connectivity index (χ3n) is 4.60. The van der Waals surface area contributed by atoms with Gasteiger partial charge in [0.25, 0.3) is 10.0 Å². The number of nitrogen functional groups attached to an aromatic ring is 1. The molecule has 4 rings (SSSR count). The van der Waals surface area contributed by atoms with Gasteiger partial charge in [0.15, 0.2) is 0 Å². The maximum Gasteiger partial charge on any atom is 0.264 e. The van der Waals surface area contributed by atoms with E-state index in [0.717, 1.165) is 11.1 Å². The van der Waals surface area contributed by atoms with E-state index in [1.807, 2.05) is 18.2 Å². The van der Waals surface area contributed by atoms with Crippen LogP contribution in [0.2, 0.25) is 0 Å². The van der Waals surface area contributed by atoms with Gasteiger partial charge in [-0.25, -0.2) is 8.42 Å². The maximum absolute atomic E-state index is 13.2. The number of sulfonamides is 1. The molecule has 0 radical (unpaired) electrons. The summed E-state index contributed by atoms with van der Waals surface area (Å²) in [6, 6.07) is 20.8. The average molecular weight is 391 g/mol. The quantitative estimate of drug-likeness (QED) is 0.690. The molecule has 1 aliphatic rings. The summed E-state index contributed by atoms with van der Waals surface area (Å²) in [5.41, 5.74) is 8.97. The van der Waals surface area contributed by atoms with Gasteiger partial charge in [0.2, 0.25) is 0 Å². The van der Waals surface area contributed by atoms with E-state index in [0.29, 0.717) is 22.7 Å². The number of ether oxygens (including phenoxy) is 1. The lowest BCUT2D eigenvalue weighted by molar-refractivity contribution is 0.316. The minimum Gasteiger partial charge on any atom is -0.489 e. The Morgan fingerprint density at radius 2 is 1.64 bits per heavy atom. The van der Waals surface area contributed by atoms with Crippen molar-refractivity contribution in [2.75, 3.05) is 23.2 Å². The van der Waals surface area contributed by atoms with E-state index in [1.54, 1.807) is 36.4 Å². The summed E-state index contributed by atoms with van der Waals surface area (Å²) in [6.45, 7) is 0.494. The second-order valence-corrected chi connectivity index (χ2v) is 8.23. The predicted molar refractivity (Wildman–Crippen MR) is 107 cm³/mol. The van der Waals surface area contributed by atoms with Crippen LogP contribution in [0.1, 0.15) is 5.56 Å². The molecular weight excluding hydrogens is 374 g/mol. The Hall–Kier alpha value is -3.50. The van der Waals surface area contributed by atoms with E-state index in [2.05, 4.69) is 6.07 Å². The molecule has 0 saturated heterocycles. The van der Waals surface area contributed by atoms with Crippen molar-refractivity contribution in [3.05, 3.63) is 72.3 Å². The number of anilines is 2. The number of benzene rings is 3. The molecule has 3 aromatic rings. The van der Waals surface area contributed by atoms with Gasteiger partial charge in [-0.15, -0.1) is 0 Å². The third kappa shape index (κ3) is 3.15. The van der Waals surface area contributed by atoms with Crippen molar-refractivity contribution in [2.45, 2.75) is 4.90 Å². The van der Waals surface area contributed by atoms with Gasteiger partial charge in [0, 0.05) is 5.69 Å².